The van der Waals surface area contributed by atoms with Crippen molar-refractivity contribution < 1.29 is 22.7 Å². The van der Waals surface area contributed by atoms with Gasteiger partial charge in [0.15, 0.2) is 11.5 Å². The maximum absolute atomic E-state index is 12.4. The lowest BCUT2D eigenvalue weighted by Crippen LogP contribution is -2.38. The summed E-state index contributed by atoms with van der Waals surface area (Å²) in [6.45, 7) is 2.63. The molecule has 1 aromatic carbocycles. The summed E-state index contributed by atoms with van der Waals surface area (Å²) in [6, 6.07) is 4.84. The Morgan fingerprint density at radius 1 is 1.19 bits per heavy atom. The fourth-order valence-corrected chi connectivity index (χ4v) is 4.00. The monoisotopic (exact) mass is 383 g/mol. The zero-order valence-electron chi connectivity index (χ0n) is 14.6. The Balaban J connectivity index is 1.49. The summed E-state index contributed by atoms with van der Waals surface area (Å²) in [5.74, 6) is 0.800. The zero-order chi connectivity index (χ0) is 18.4. The van der Waals surface area contributed by atoms with Crippen molar-refractivity contribution in [3.8, 4) is 11.5 Å². The molecule has 1 fully saturated rings. The number of rotatable bonds is 7. The number of carbonyl (C=O) groups is 1. The quantitative estimate of drug-likeness (QED) is 0.629. The van der Waals surface area contributed by atoms with E-state index in [0.29, 0.717) is 37.3 Å². The zero-order valence-corrected chi connectivity index (χ0v) is 15.4. The molecule has 26 heavy (non-hydrogen) atoms. The molecule has 3 rings (SSSR count). The van der Waals surface area contributed by atoms with Crippen molar-refractivity contribution in [3.05, 3.63) is 18.2 Å². The van der Waals surface area contributed by atoms with E-state index in [2.05, 4.69) is 15.4 Å². The minimum atomic E-state index is -3.71. The molecule has 0 spiro atoms. The van der Waals surface area contributed by atoms with Crippen molar-refractivity contribution in [2.75, 3.05) is 32.8 Å². The molecule has 0 saturated carbocycles. The minimum absolute atomic E-state index is 0.0424. The highest BCUT2D eigenvalue weighted by Crippen LogP contribution is 2.31. The lowest BCUT2D eigenvalue weighted by Gasteiger charge is -2.12. The normalized spacial score (nSPS) is 19.8. The number of nitrogens with one attached hydrogen (secondary N) is 3. The summed E-state index contributed by atoms with van der Waals surface area (Å²) in [4.78, 5) is 11.9. The van der Waals surface area contributed by atoms with Crippen LogP contribution in [0, 0.1) is 0 Å². The van der Waals surface area contributed by atoms with Crippen LogP contribution in [0.5, 0.6) is 11.5 Å². The average Bonchev–Trinajstić information content (AvgIpc) is 3.03. The van der Waals surface area contributed by atoms with Gasteiger partial charge in [0.1, 0.15) is 0 Å². The average molecular weight is 383 g/mol. The van der Waals surface area contributed by atoms with E-state index in [1.54, 1.807) is 6.07 Å². The van der Waals surface area contributed by atoms with Crippen LogP contribution in [0.2, 0.25) is 0 Å². The van der Waals surface area contributed by atoms with Gasteiger partial charge >= 0.3 is 0 Å². The second kappa shape index (κ2) is 8.70. The van der Waals surface area contributed by atoms with Gasteiger partial charge < -0.3 is 20.1 Å². The molecule has 8 nitrogen and oxygen atoms in total. The molecule has 144 valence electrons. The van der Waals surface area contributed by atoms with Crippen LogP contribution in [0.3, 0.4) is 0 Å². The first-order valence-electron chi connectivity index (χ1n) is 8.94. The number of hydrogen-bond acceptors (Lipinski definition) is 6. The highest BCUT2D eigenvalue weighted by atomic mass is 32.2. The van der Waals surface area contributed by atoms with Crippen molar-refractivity contribution >= 4 is 15.9 Å². The molecule has 2 aliphatic rings. The predicted octanol–water partition coefficient (Wildman–Crippen LogP) is 0.385. The Morgan fingerprint density at radius 3 is 2.77 bits per heavy atom. The van der Waals surface area contributed by atoms with E-state index in [-0.39, 0.29) is 23.8 Å². The maximum Gasteiger partial charge on any atom is 0.240 e. The third kappa shape index (κ3) is 5.09. The highest BCUT2D eigenvalue weighted by molar-refractivity contribution is 7.89. The van der Waals surface area contributed by atoms with Gasteiger partial charge in [0, 0.05) is 38.0 Å². The number of carbonyl (C=O) groups excluding carboxylic acids is 1. The molecule has 1 amide bonds. The molecule has 3 N–H and O–H groups in total. The second-order valence-corrected chi connectivity index (χ2v) is 8.17. The molecule has 2 aliphatic heterocycles. The Hall–Kier alpha value is -1.84. The van der Waals surface area contributed by atoms with Gasteiger partial charge in [0.05, 0.1) is 18.1 Å². The third-order valence-electron chi connectivity index (χ3n) is 4.38. The van der Waals surface area contributed by atoms with Crippen LogP contribution in [-0.2, 0) is 14.8 Å². The number of amides is 1. The van der Waals surface area contributed by atoms with Crippen molar-refractivity contribution in [1.82, 2.24) is 15.4 Å². The van der Waals surface area contributed by atoms with Crippen molar-refractivity contribution in [2.45, 2.75) is 36.6 Å². The SMILES string of the molecule is O=C(CCNS(=O)(=O)c1ccc2c(c1)OCCCO2)NCC1CCCN1. The highest BCUT2D eigenvalue weighted by Gasteiger charge is 2.19. The smallest absolute Gasteiger partial charge is 0.240 e. The molecule has 0 radical (unpaired) electrons. The van der Waals surface area contributed by atoms with Crippen molar-refractivity contribution in [3.63, 3.8) is 0 Å². The first-order chi connectivity index (χ1) is 12.5. The van der Waals surface area contributed by atoms with Gasteiger partial charge in [-0.05, 0) is 31.5 Å². The standard InChI is InChI=1S/C17H25N3O5S/c21-17(19-12-13-3-1-7-18-13)6-8-20-26(22,23)14-4-5-15-16(11-14)25-10-2-9-24-15/h4-5,11,13,18,20H,1-3,6-10,12H2,(H,19,21). The van der Waals surface area contributed by atoms with E-state index in [1.165, 1.54) is 12.1 Å². The first kappa shape index (κ1) is 18.9. The van der Waals surface area contributed by atoms with Gasteiger partial charge in [0.2, 0.25) is 15.9 Å². The third-order valence-corrected chi connectivity index (χ3v) is 5.84. The summed E-state index contributed by atoms with van der Waals surface area (Å²) < 4.78 is 38.3. The summed E-state index contributed by atoms with van der Waals surface area (Å²) in [5, 5.41) is 6.12. The van der Waals surface area contributed by atoms with E-state index in [0.717, 1.165) is 25.8 Å². The van der Waals surface area contributed by atoms with Gasteiger partial charge in [-0.3, -0.25) is 4.79 Å². The van der Waals surface area contributed by atoms with Crippen LogP contribution < -0.4 is 24.8 Å². The van der Waals surface area contributed by atoms with Crippen LogP contribution in [-0.4, -0.2) is 53.2 Å². The second-order valence-electron chi connectivity index (χ2n) is 6.40. The summed E-state index contributed by atoms with van der Waals surface area (Å²) in [6.07, 6.45) is 3.02. The molecule has 1 aromatic rings. The van der Waals surface area contributed by atoms with Crippen LogP contribution in [0.25, 0.3) is 0 Å². The van der Waals surface area contributed by atoms with Crippen LogP contribution in [0.15, 0.2) is 23.1 Å². The number of ether oxygens (including phenoxy) is 2. The number of fused-ring (bicyclic) bond motifs is 1. The van der Waals surface area contributed by atoms with Crippen molar-refractivity contribution in [1.29, 1.82) is 0 Å². The Labute approximate surface area is 153 Å². The molecule has 2 heterocycles. The van der Waals surface area contributed by atoms with Gasteiger partial charge in [-0.2, -0.15) is 0 Å². The minimum Gasteiger partial charge on any atom is -0.490 e. The molecule has 1 atom stereocenters. The predicted molar refractivity (Wildman–Crippen MR) is 95.9 cm³/mol. The molecule has 0 aliphatic carbocycles. The number of benzene rings is 1. The van der Waals surface area contributed by atoms with Crippen LogP contribution >= 0.6 is 0 Å². The molecular weight excluding hydrogens is 358 g/mol. The molecule has 0 bridgehead atoms. The van der Waals surface area contributed by atoms with E-state index < -0.39 is 10.0 Å². The lowest BCUT2D eigenvalue weighted by molar-refractivity contribution is -0.121. The van der Waals surface area contributed by atoms with E-state index in [1.807, 2.05) is 0 Å². The van der Waals surface area contributed by atoms with Gasteiger partial charge in [-0.15, -0.1) is 0 Å². The first-order valence-corrected chi connectivity index (χ1v) is 10.4. The molecule has 1 unspecified atom stereocenters. The van der Waals surface area contributed by atoms with Crippen molar-refractivity contribution in [2.24, 2.45) is 0 Å². The molecule has 9 heteroatoms. The molecular formula is C17H25N3O5S. The van der Waals surface area contributed by atoms with Gasteiger partial charge in [-0.1, -0.05) is 0 Å². The number of hydrogen-bond donors (Lipinski definition) is 3. The fraction of sp³-hybridized carbons (Fsp3) is 0.588. The number of sulfonamides is 1. The van der Waals surface area contributed by atoms with E-state index in [9.17, 15) is 13.2 Å². The maximum atomic E-state index is 12.4. The van der Waals surface area contributed by atoms with Gasteiger partial charge in [-0.25, -0.2) is 13.1 Å². The Morgan fingerprint density at radius 2 is 2.00 bits per heavy atom. The van der Waals surface area contributed by atoms with Crippen LogP contribution in [0.1, 0.15) is 25.7 Å². The van der Waals surface area contributed by atoms with E-state index in [4.69, 9.17) is 9.47 Å². The van der Waals surface area contributed by atoms with Crippen LogP contribution in [0.4, 0.5) is 0 Å². The Kier molecular flexibility index (Phi) is 6.33. The summed E-state index contributed by atoms with van der Waals surface area (Å²) in [5.41, 5.74) is 0. The fourth-order valence-electron chi connectivity index (χ4n) is 2.95. The molecule has 0 aromatic heterocycles. The van der Waals surface area contributed by atoms with E-state index >= 15 is 0 Å². The molecule has 1 saturated heterocycles. The topological polar surface area (TPSA) is 106 Å². The summed E-state index contributed by atoms with van der Waals surface area (Å²) in [7, 11) is -3.71. The summed E-state index contributed by atoms with van der Waals surface area (Å²) >= 11 is 0. The Bertz CT molecular complexity index is 732. The lowest BCUT2D eigenvalue weighted by atomic mass is 10.2. The largest absolute Gasteiger partial charge is 0.490 e. The van der Waals surface area contributed by atoms with Gasteiger partial charge in [0.25, 0.3) is 0 Å².